The van der Waals surface area contributed by atoms with E-state index in [0.717, 1.165) is 12.8 Å². The van der Waals surface area contributed by atoms with E-state index in [1.165, 1.54) is 109 Å². The molecule has 1 atom stereocenters. The fourth-order valence-corrected chi connectivity index (χ4v) is 3.83. The van der Waals surface area contributed by atoms with E-state index in [9.17, 15) is 9.59 Å². The number of ether oxygens (including phenoxy) is 1. The van der Waals surface area contributed by atoms with Gasteiger partial charge in [-0.05, 0) is 6.42 Å². The number of aliphatic hydroxyl groups excluding tert-OH is 2. The molecule has 0 aromatic rings. The van der Waals surface area contributed by atoms with Crippen LogP contribution in [0.5, 0.6) is 0 Å². The zero-order valence-corrected chi connectivity index (χ0v) is 20.3. The predicted octanol–water partition coefficient (Wildman–Crippen LogP) is 6.62. The van der Waals surface area contributed by atoms with Crippen molar-refractivity contribution in [3.8, 4) is 0 Å². The number of unbranched alkanes of at least 4 members (excludes halogenated alkanes) is 19. The lowest BCUT2D eigenvalue weighted by atomic mass is 10.0. The van der Waals surface area contributed by atoms with E-state index in [1.807, 2.05) is 0 Å². The molecular weight excluding hydrogens is 392 g/mol. The van der Waals surface area contributed by atoms with Crippen molar-refractivity contribution in [1.29, 1.82) is 0 Å². The zero-order chi connectivity index (χ0) is 23.0. The van der Waals surface area contributed by atoms with Crippen molar-refractivity contribution in [2.45, 2.75) is 148 Å². The Morgan fingerprint density at radius 1 is 0.613 bits per heavy atom. The highest BCUT2D eigenvalue weighted by atomic mass is 16.6. The second-order valence-electron chi connectivity index (χ2n) is 8.96. The molecule has 2 N–H and O–H groups in total. The van der Waals surface area contributed by atoms with Gasteiger partial charge in [0.25, 0.3) is 0 Å². The van der Waals surface area contributed by atoms with E-state index in [-0.39, 0.29) is 6.42 Å². The van der Waals surface area contributed by atoms with Gasteiger partial charge in [-0.25, -0.2) is 4.79 Å². The second kappa shape index (κ2) is 23.7. The van der Waals surface area contributed by atoms with E-state index in [2.05, 4.69) is 11.7 Å². The van der Waals surface area contributed by atoms with Gasteiger partial charge in [0.05, 0.1) is 6.61 Å². The molecule has 0 amide bonds. The van der Waals surface area contributed by atoms with E-state index in [0.29, 0.717) is 6.42 Å². The van der Waals surface area contributed by atoms with Crippen LogP contribution in [0.1, 0.15) is 142 Å². The minimum atomic E-state index is -1.63. The maximum Gasteiger partial charge on any atom is 0.345 e. The molecule has 0 saturated heterocycles. The molecule has 0 heterocycles. The van der Waals surface area contributed by atoms with Crippen LogP contribution in [-0.4, -0.2) is 34.9 Å². The summed E-state index contributed by atoms with van der Waals surface area (Å²) in [5.41, 5.74) is 0. The average molecular weight is 443 g/mol. The quantitative estimate of drug-likeness (QED) is 0.105. The molecule has 0 bridgehead atoms. The van der Waals surface area contributed by atoms with Crippen LogP contribution in [-0.2, 0) is 14.3 Å². The lowest BCUT2D eigenvalue weighted by Gasteiger charge is -2.06. The Kier molecular flexibility index (Phi) is 23.0. The summed E-state index contributed by atoms with van der Waals surface area (Å²) in [6, 6.07) is 0. The summed E-state index contributed by atoms with van der Waals surface area (Å²) in [6.07, 6.45) is 24.6. The lowest BCUT2D eigenvalue weighted by molar-refractivity contribution is -0.167. The van der Waals surface area contributed by atoms with Crippen LogP contribution in [0.4, 0.5) is 0 Å². The largest absolute Gasteiger partial charge is 0.393 e. The number of carbonyl (C=O) groups excluding carboxylic acids is 2. The Morgan fingerprint density at radius 3 is 1.26 bits per heavy atom. The van der Waals surface area contributed by atoms with Crippen molar-refractivity contribution in [1.82, 2.24) is 0 Å². The Labute approximate surface area is 191 Å². The van der Waals surface area contributed by atoms with Crippen LogP contribution in [0.25, 0.3) is 0 Å². The van der Waals surface area contributed by atoms with Gasteiger partial charge in [-0.15, -0.1) is 0 Å². The molecule has 0 fully saturated rings. The van der Waals surface area contributed by atoms with Crippen LogP contribution < -0.4 is 0 Å². The fraction of sp³-hybridized carbons (Fsp3) is 0.923. The molecule has 0 aromatic carbocycles. The average Bonchev–Trinajstić information content (AvgIpc) is 2.77. The molecule has 0 spiro atoms. The third-order valence-corrected chi connectivity index (χ3v) is 5.89. The fourth-order valence-electron chi connectivity index (χ4n) is 3.83. The number of carbonyl (C=O) groups is 2. The molecule has 5 nitrogen and oxygen atoms in total. The normalized spacial score (nSPS) is 12.1. The van der Waals surface area contributed by atoms with Gasteiger partial charge in [-0.3, -0.25) is 4.79 Å². The van der Waals surface area contributed by atoms with Gasteiger partial charge in [-0.2, -0.15) is 0 Å². The molecule has 0 aliphatic heterocycles. The van der Waals surface area contributed by atoms with Gasteiger partial charge in [0.15, 0.2) is 6.10 Å². The van der Waals surface area contributed by atoms with E-state index < -0.39 is 24.6 Å². The van der Waals surface area contributed by atoms with Crippen LogP contribution in [0, 0.1) is 0 Å². The highest BCUT2D eigenvalue weighted by Crippen LogP contribution is 2.15. The molecule has 31 heavy (non-hydrogen) atoms. The highest BCUT2D eigenvalue weighted by molar-refractivity contribution is 5.87. The van der Waals surface area contributed by atoms with E-state index in [4.69, 9.17) is 10.2 Å². The van der Waals surface area contributed by atoms with Gasteiger partial charge < -0.3 is 14.9 Å². The molecule has 0 saturated carbocycles. The number of hydrogen-bond acceptors (Lipinski definition) is 5. The van der Waals surface area contributed by atoms with Gasteiger partial charge in [-0.1, -0.05) is 129 Å². The minimum Gasteiger partial charge on any atom is -0.393 e. The topological polar surface area (TPSA) is 83.8 Å². The van der Waals surface area contributed by atoms with Crippen LogP contribution >= 0.6 is 0 Å². The van der Waals surface area contributed by atoms with Crippen molar-refractivity contribution >= 4 is 11.9 Å². The standard InChI is InChI=1S/C26H50O5/c1-2-3-4-5-6-7-8-9-10-11-12-13-14-15-16-17-18-19-20-21-22-25(29)31-26(30)24(28)23-27/h24,27-28H,2-23H2,1H3. The van der Waals surface area contributed by atoms with Gasteiger partial charge in [0.2, 0.25) is 0 Å². The molecule has 0 aromatic heterocycles. The van der Waals surface area contributed by atoms with Gasteiger partial charge in [0, 0.05) is 6.42 Å². The summed E-state index contributed by atoms with van der Waals surface area (Å²) in [7, 11) is 0. The summed E-state index contributed by atoms with van der Waals surface area (Å²) >= 11 is 0. The molecule has 0 aliphatic carbocycles. The summed E-state index contributed by atoms with van der Waals surface area (Å²) < 4.78 is 4.46. The Hall–Kier alpha value is -0.940. The first-order chi connectivity index (χ1) is 15.1. The highest BCUT2D eigenvalue weighted by Gasteiger charge is 2.18. The summed E-state index contributed by atoms with van der Waals surface area (Å²) in [4.78, 5) is 22.6. The summed E-state index contributed by atoms with van der Waals surface area (Å²) in [6.45, 7) is 1.54. The lowest BCUT2D eigenvalue weighted by Crippen LogP contribution is -2.28. The Morgan fingerprint density at radius 2 is 0.935 bits per heavy atom. The van der Waals surface area contributed by atoms with Crippen LogP contribution in [0.3, 0.4) is 0 Å². The number of hydrogen-bond donors (Lipinski definition) is 2. The maximum absolute atomic E-state index is 11.4. The maximum atomic E-state index is 11.4. The van der Waals surface area contributed by atoms with Crippen molar-refractivity contribution in [3.05, 3.63) is 0 Å². The molecule has 1 unspecified atom stereocenters. The predicted molar refractivity (Wildman–Crippen MR) is 127 cm³/mol. The first-order valence-electron chi connectivity index (χ1n) is 13.1. The third kappa shape index (κ3) is 22.1. The smallest absolute Gasteiger partial charge is 0.345 e. The molecule has 0 aliphatic rings. The van der Waals surface area contributed by atoms with Gasteiger partial charge >= 0.3 is 11.9 Å². The van der Waals surface area contributed by atoms with E-state index >= 15 is 0 Å². The molecule has 184 valence electrons. The molecule has 0 rings (SSSR count). The van der Waals surface area contributed by atoms with Crippen LogP contribution in [0.2, 0.25) is 0 Å². The molecule has 5 heteroatoms. The molecular formula is C26H50O5. The van der Waals surface area contributed by atoms with Crippen molar-refractivity contribution in [3.63, 3.8) is 0 Å². The third-order valence-electron chi connectivity index (χ3n) is 5.89. The van der Waals surface area contributed by atoms with Crippen molar-refractivity contribution in [2.75, 3.05) is 6.61 Å². The summed E-state index contributed by atoms with van der Waals surface area (Å²) in [5.74, 6) is -1.69. The first-order valence-corrected chi connectivity index (χ1v) is 13.1. The first kappa shape index (κ1) is 30.1. The second-order valence-corrected chi connectivity index (χ2v) is 8.96. The van der Waals surface area contributed by atoms with E-state index in [1.54, 1.807) is 0 Å². The summed E-state index contributed by atoms with van der Waals surface area (Å²) in [5, 5.41) is 17.6. The Bertz CT molecular complexity index is 411. The van der Waals surface area contributed by atoms with Crippen LogP contribution in [0.15, 0.2) is 0 Å². The molecule has 0 radical (unpaired) electrons. The van der Waals surface area contributed by atoms with Crippen molar-refractivity contribution in [2.24, 2.45) is 0 Å². The zero-order valence-electron chi connectivity index (χ0n) is 20.3. The number of aliphatic hydroxyl groups is 2. The van der Waals surface area contributed by atoms with Gasteiger partial charge in [0.1, 0.15) is 0 Å². The SMILES string of the molecule is CCCCCCCCCCCCCCCCCCCCCCC(=O)OC(=O)C(O)CO. The van der Waals surface area contributed by atoms with Crippen molar-refractivity contribution < 1.29 is 24.5 Å². The Balaban J connectivity index is 3.18. The number of esters is 2. The monoisotopic (exact) mass is 442 g/mol. The number of rotatable bonds is 23. The minimum absolute atomic E-state index is 0.183.